The minimum atomic E-state index is -1.03. The van der Waals surface area contributed by atoms with Crippen LogP contribution in [0.5, 0.6) is 0 Å². The van der Waals surface area contributed by atoms with E-state index >= 15 is 0 Å². The van der Waals surface area contributed by atoms with Crippen LogP contribution in [0.3, 0.4) is 0 Å². The van der Waals surface area contributed by atoms with E-state index in [9.17, 15) is 19.5 Å². The van der Waals surface area contributed by atoms with Crippen LogP contribution in [-0.2, 0) is 9.59 Å². The number of piperazine rings is 1. The molecular formula is C34H34N4O4. The van der Waals surface area contributed by atoms with Gasteiger partial charge in [0.15, 0.2) is 0 Å². The van der Waals surface area contributed by atoms with Crippen molar-refractivity contribution in [3.63, 3.8) is 0 Å². The van der Waals surface area contributed by atoms with Gasteiger partial charge < -0.3 is 20.2 Å². The first kappa shape index (κ1) is 28.5. The Morgan fingerprint density at radius 1 is 0.810 bits per heavy atom. The van der Waals surface area contributed by atoms with Crippen molar-refractivity contribution in [3.8, 4) is 22.4 Å². The first-order valence-corrected chi connectivity index (χ1v) is 14.1. The van der Waals surface area contributed by atoms with Gasteiger partial charge in [0, 0.05) is 43.9 Å². The Bertz CT molecular complexity index is 1490. The molecule has 1 atom stereocenters. The fourth-order valence-corrected chi connectivity index (χ4v) is 5.19. The highest BCUT2D eigenvalue weighted by molar-refractivity contribution is 5.98. The standard InChI is InChI=1S/C34H34N4O4/c1-24-9-8-14-28(21-24)37-17-19-38(20-18-37)34(42)29(15-16-32(39)40)36-33(41)31-23-27(25-10-4-2-5-11-25)22-30(35-31)26-12-6-3-7-13-26/h2-14,21-23,29H,15-20H2,1H3,(H,36,41)(H,39,40)/t29-/m0/s1. The summed E-state index contributed by atoms with van der Waals surface area (Å²) in [5.41, 5.74) is 5.66. The van der Waals surface area contributed by atoms with E-state index in [1.165, 1.54) is 5.56 Å². The maximum absolute atomic E-state index is 13.6. The first-order valence-electron chi connectivity index (χ1n) is 14.1. The highest BCUT2D eigenvalue weighted by Gasteiger charge is 2.30. The lowest BCUT2D eigenvalue weighted by Crippen LogP contribution is -2.55. The molecule has 1 aromatic heterocycles. The number of hydrogen-bond donors (Lipinski definition) is 2. The molecule has 3 aromatic carbocycles. The number of aromatic nitrogens is 1. The molecule has 42 heavy (non-hydrogen) atoms. The summed E-state index contributed by atoms with van der Waals surface area (Å²) in [5.74, 6) is -1.83. The summed E-state index contributed by atoms with van der Waals surface area (Å²) in [6.07, 6.45) is -0.255. The van der Waals surface area contributed by atoms with E-state index in [1.54, 1.807) is 11.0 Å². The van der Waals surface area contributed by atoms with Gasteiger partial charge in [0.1, 0.15) is 11.7 Å². The average molecular weight is 563 g/mol. The third-order valence-electron chi connectivity index (χ3n) is 7.44. The second-order valence-electron chi connectivity index (χ2n) is 10.5. The fourth-order valence-electron chi connectivity index (χ4n) is 5.19. The number of amides is 2. The Morgan fingerprint density at radius 2 is 1.48 bits per heavy atom. The second-order valence-corrected chi connectivity index (χ2v) is 10.5. The maximum Gasteiger partial charge on any atom is 0.303 e. The Kier molecular flexibility index (Phi) is 8.92. The smallest absolute Gasteiger partial charge is 0.303 e. The number of rotatable bonds is 9. The molecule has 0 aliphatic carbocycles. The Hall–Kier alpha value is -4.98. The largest absolute Gasteiger partial charge is 0.481 e. The molecule has 8 nitrogen and oxygen atoms in total. The summed E-state index contributed by atoms with van der Waals surface area (Å²) in [7, 11) is 0. The van der Waals surface area contributed by atoms with Crippen molar-refractivity contribution in [1.82, 2.24) is 15.2 Å². The van der Waals surface area contributed by atoms with E-state index in [0.717, 1.165) is 22.4 Å². The number of carboxylic acids is 1. The van der Waals surface area contributed by atoms with Gasteiger partial charge in [0.25, 0.3) is 5.91 Å². The van der Waals surface area contributed by atoms with Crippen LogP contribution in [0.4, 0.5) is 5.69 Å². The molecular weight excluding hydrogens is 528 g/mol. The molecule has 1 fully saturated rings. The molecule has 4 aromatic rings. The van der Waals surface area contributed by atoms with Crippen LogP contribution >= 0.6 is 0 Å². The molecule has 5 rings (SSSR count). The predicted octanol–water partition coefficient (Wildman–Crippen LogP) is 5.04. The third-order valence-corrected chi connectivity index (χ3v) is 7.44. The Morgan fingerprint density at radius 3 is 2.12 bits per heavy atom. The topological polar surface area (TPSA) is 103 Å². The zero-order chi connectivity index (χ0) is 29.5. The number of benzene rings is 3. The quantitative estimate of drug-likeness (QED) is 0.297. The molecule has 1 aliphatic heterocycles. The monoisotopic (exact) mass is 562 g/mol. The summed E-state index contributed by atoms with van der Waals surface area (Å²) in [6.45, 7) is 4.30. The van der Waals surface area contributed by atoms with E-state index < -0.39 is 17.9 Å². The number of nitrogens with one attached hydrogen (secondary N) is 1. The zero-order valence-corrected chi connectivity index (χ0v) is 23.6. The Balaban J connectivity index is 1.36. The van der Waals surface area contributed by atoms with Gasteiger partial charge in [-0.3, -0.25) is 14.4 Å². The summed E-state index contributed by atoms with van der Waals surface area (Å²) < 4.78 is 0. The average Bonchev–Trinajstić information content (AvgIpc) is 3.03. The number of hydrogen-bond acceptors (Lipinski definition) is 5. The van der Waals surface area contributed by atoms with Gasteiger partial charge in [0.05, 0.1) is 5.69 Å². The van der Waals surface area contributed by atoms with Crippen molar-refractivity contribution in [2.45, 2.75) is 25.8 Å². The van der Waals surface area contributed by atoms with Crippen LogP contribution in [0, 0.1) is 6.92 Å². The molecule has 2 amide bonds. The number of carboxylic acid groups (broad SMARTS) is 1. The molecule has 2 heterocycles. The summed E-state index contributed by atoms with van der Waals surface area (Å²) in [5, 5.41) is 12.2. The molecule has 8 heteroatoms. The number of carbonyl (C=O) groups excluding carboxylic acids is 2. The van der Waals surface area contributed by atoms with Crippen molar-refractivity contribution < 1.29 is 19.5 Å². The van der Waals surface area contributed by atoms with Gasteiger partial charge in [-0.25, -0.2) is 4.98 Å². The third kappa shape index (κ3) is 7.01. The van der Waals surface area contributed by atoms with Crippen molar-refractivity contribution in [1.29, 1.82) is 0 Å². The SMILES string of the molecule is Cc1cccc(N2CCN(C(=O)[C@H](CCC(=O)O)NC(=O)c3cc(-c4ccccc4)cc(-c4ccccc4)n3)CC2)c1. The molecule has 214 valence electrons. The van der Waals surface area contributed by atoms with Crippen molar-refractivity contribution in [2.75, 3.05) is 31.1 Å². The summed E-state index contributed by atoms with van der Waals surface area (Å²) in [6, 6.07) is 30.2. The number of nitrogens with zero attached hydrogens (tertiary/aromatic N) is 3. The van der Waals surface area contributed by atoms with E-state index in [4.69, 9.17) is 0 Å². The van der Waals surface area contributed by atoms with Gasteiger partial charge in [-0.2, -0.15) is 0 Å². The lowest BCUT2D eigenvalue weighted by atomic mass is 10.0. The van der Waals surface area contributed by atoms with E-state index in [-0.39, 0.29) is 24.4 Å². The molecule has 0 radical (unpaired) electrons. The van der Waals surface area contributed by atoms with Crippen LogP contribution in [0.15, 0.2) is 97.1 Å². The lowest BCUT2D eigenvalue weighted by molar-refractivity contribution is -0.138. The summed E-state index contributed by atoms with van der Waals surface area (Å²) >= 11 is 0. The number of carbonyl (C=O) groups is 3. The molecule has 2 N–H and O–H groups in total. The van der Waals surface area contributed by atoms with E-state index in [2.05, 4.69) is 27.3 Å². The van der Waals surface area contributed by atoms with Crippen LogP contribution in [0.25, 0.3) is 22.4 Å². The van der Waals surface area contributed by atoms with Gasteiger partial charge >= 0.3 is 5.97 Å². The number of pyridine rings is 1. The van der Waals surface area contributed by atoms with E-state index in [1.807, 2.05) is 85.8 Å². The number of aryl methyl sites for hydroxylation is 1. The van der Waals surface area contributed by atoms with Crippen LogP contribution < -0.4 is 10.2 Å². The molecule has 1 aliphatic rings. The Labute approximate surface area is 245 Å². The molecule has 1 saturated heterocycles. The zero-order valence-electron chi connectivity index (χ0n) is 23.6. The first-order chi connectivity index (χ1) is 20.4. The van der Waals surface area contributed by atoms with Gasteiger partial charge in [-0.15, -0.1) is 0 Å². The number of anilines is 1. The highest BCUT2D eigenvalue weighted by atomic mass is 16.4. The van der Waals surface area contributed by atoms with Crippen molar-refractivity contribution in [2.24, 2.45) is 0 Å². The van der Waals surface area contributed by atoms with Crippen molar-refractivity contribution >= 4 is 23.5 Å². The minimum absolute atomic E-state index is 0.0120. The van der Waals surface area contributed by atoms with Gasteiger partial charge in [0.2, 0.25) is 5.91 Å². The molecule has 0 bridgehead atoms. The van der Waals surface area contributed by atoms with E-state index in [0.29, 0.717) is 31.9 Å². The molecule has 0 saturated carbocycles. The highest BCUT2D eigenvalue weighted by Crippen LogP contribution is 2.26. The fraction of sp³-hybridized carbons (Fsp3) is 0.235. The van der Waals surface area contributed by atoms with Gasteiger partial charge in [-0.05, 0) is 54.3 Å². The lowest BCUT2D eigenvalue weighted by Gasteiger charge is -2.37. The van der Waals surface area contributed by atoms with Gasteiger partial charge in [-0.1, -0.05) is 72.8 Å². The minimum Gasteiger partial charge on any atom is -0.481 e. The van der Waals surface area contributed by atoms with Crippen molar-refractivity contribution in [3.05, 3.63) is 108 Å². The van der Waals surface area contributed by atoms with Crippen LogP contribution in [-0.4, -0.2) is 65.0 Å². The summed E-state index contributed by atoms with van der Waals surface area (Å²) in [4.78, 5) is 47.3. The molecule has 0 unspecified atom stereocenters. The van der Waals surface area contributed by atoms with Crippen LogP contribution in [0.1, 0.15) is 28.9 Å². The normalized spacial score (nSPS) is 13.8. The molecule has 0 spiro atoms. The maximum atomic E-state index is 13.6. The predicted molar refractivity (Wildman–Crippen MR) is 163 cm³/mol. The second kappa shape index (κ2) is 13.1. The number of aliphatic carboxylic acids is 1. The van der Waals surface area contributed by atoms with Crippen LogP contribution in [0.2, 0.25) is 0 Å².